The summed E-state index contributed by atoms with van der Waals surface area (Å²) in [4.78, 5) is 19.4. The molecule has 0 bridgehead atoms. The van der Waals surface area contributed by atoms with Gasteiger partial charge in [0.05, 0.1) is 10.4 Å². The number of hydrogen-bond acceptors (Lipinski definition) is 4. The van der Waals surface area contributed by atoms with Crippen molar-refractivity contribution in [1.29, 1.82) is 0 Å². The normalized spacial score (nSPS) is 10.0. The van der Waals surface area contributed by atoms with Gasteiger partial charge in [-0.05, 0) is 11.4 Å². The minimum absolute atomic E-state index is 0.102. The lowest BCUT2D eigenvalue weighted by Gasteiger charge is -1.95. The molecular formula is C9H6N2O2S. The molecule has 0 aliphatic carbocycles. The molecule has 0 fully saturated rings. The second-order valence-electron chi connectivity index (χ2n) is 2.58. The Kier molecular flexibility index (Phi) is 2.24. The summed E-state index contributed by atoms with van der Waals surface area (Å²) in [6.45, 7) is 0. The third-order valence-corrected chi connectivity index (χ3v) is 2.51. The van der Waals surface area contributed by atoms with Crippen LogP contribution >= 0.6 is 11.3 Å². The van der Waals surface area contributed by atoms with E-state index in [2.05, 4.69) is 9.97 Å². The van der Waals surface area contributed by atoms with E-state index in [0.29, 0.717) is 5.82 Å². The highest BCUT2D eigenvalue weighted by Crippen LogP contribution is 2.19. The van der Waals surface area contributed by atoms with E-state index in [4.69, 9.17) is 5.11 Å². The summed E-state index contributed by atoms with van der Waals surface area (Å²) in [7, 11) is 0. The lowest BCUT2D eigenvalue weighted by atomic mass is 10.3. The number of nitrogens with zero attached hydrogens (tertiary/aromatic N) is 2. The second-order valence-corrected chi connectivity index (χ2v) is 3.53. The Balaban J connectivity index is 2.36. The topological polar surface area (TPSA) is 63.1 Å². The number of hydrogen-bond donors (Lipinski definition) is 1. The molecule has 0 aromatic carbocycles. The van der Waals surface area contributed by atoms with Crippen molar-refractivity contribution in [2.24, 2.45) is 0 Å². The highest BCUT2D eigenvalue weighted by atomic mass is 32.1. The smallest absolute Gasteiger partial charge is 0.338 e. The summed E-state index contributed by atoms with van der Waals surface area (Å²) < 4.78 is 0. The van der Waals surface area contributed by atoms with Crippen LogP contribution in [-0.2, 0) is 0 Å². The van der Waals surface area contributed by atoms with Gasteiger partial charge in [-0.1, -0.05) is 6.07 Å². The van der Waals surface area contributed by atoms with Crippen LogP contribution < -0.4 is 0 Å². The lowest BCUT2D eigenvalue weighted by Crippen LogP contribution is -1.98. The maximum absolute atomic E-state index is 10.5. The van der Waals surface area contributed by atoms with Crippen LogP contribution in [0.2, 0.25) is 0 Å². The first kappa shape index (κ1) is 8.83. The summed E-state index contributed by atoms with van der Waals surface area (Å²) >= 11 is 1.52. The molecule has 70 valence electrons. The van der Waals surface area contributed by atoms with E-state index < -0.39 is 5.97 Å². The number of carboxylic acid groups (broad SMARTS) is 1. The van der Waals surface area contributed by atoms with Gasteiger partial charge in [0.25, 0.3) is 0 Å². The Morgan fingerprint density at radius 1 is 1.36 bits per heavy atom. The summed E-state index contributed by atoms with van der Waals surface area (Å²) in [6.07, 6.45) is 2.62. The Hall–Kier alpha value is -1.75. The minimum Gasteiger partial charge on any atom is -0.478 e. The molecule has 2 aromatic heterocycles. The largest absolute Gasteiger partial charge is 0.478 e. The molecule has 0 saturated carbocycles. The third-order valence-electron chi connectivity index (χ3n) is 1.64. The van der Waals surface area contributed by atoms with Crippen LogP contribution in [0.25, 0.3) is 10.7 Å². The second kappa shape index (κ2) is 3.55. The standard InChI is InChI=1S/C9H6N2O2S/c12-9(13)6-4-10-8(11-5-6)7-2-1-3-14-7/h1-5H,(H,12,13). The molecule has 0 aliphatic rings. The fraction of sp³-hybridized carbons (Fsp3) is 0. The number of rotatable bonds is 2. The van der Waals surface area contributed by atoms with Crippen molar-refractivity contribution in [1.82, 2.24) is 9.97 Å². The van der Waals surface area contributed by atoms with Crippen molar-refractivity contribution in [3.63, 3.8) is 0 Å². The molecule has 1 N–H and O–H groups in total. The van der Waals surface area contributed by atoms with E-state index in [-0.39, 0.29) is 5.56 Å². The first-order chi connectivity index (χ1) is 6.77. The predicted octanol–water partition coefficient (Wildman–Crippen LogP) is 1.90. The molecule has 0 atom stereocenters. The molecule has 0 radical (unpaired) electrons. The molecule has 2 rings (SSSR count). The van der Waals surface area contributed by atoms with Gasteiger partial charge in [0.1, 0.15) is 0 Å². The molecule has 2 heterocycles. The average Bonchev–Trinajstić information content (AvgIpc) is 2.71. The Labute approximate surface area is 83.9 Å². The van der Waals surface area contributed by atoms with Crippen molar-refractivity contribution in [2.75, 3.05) is 0 Å². The predicted molar refractivity (Wildman–Crippen MR) is 52.3 cm³/mol. The first-order valence-electron chi connectivity index (χ1n) is 3.86. The summed E-state index contributed by atoms with van der Waals surface area (Å²) in [5.41, 5.74) is 0.102. The van der Waals surface area contributed by atoms with E-state index >= 15 is 0 Å². The van der Waals surface area contributed by atoms with Gasteiger partial charge in [0.2, 0.25) is 0 Å². The molecular weight excluding hydrogens is 200 g/mol. The fourth-order valence-corrected chi connectivity index (χ4v) is 1.64. The Bertz CT molecular complexity index is 436. The van der Waals surface area contributed by atoms with Gasteiger partial charge in [-0.25, -0.2) is 14.8 Å². The maximum Gasteiger partial charge on any atom is 0.338 e. The van der Waals surface area contributed by atoms with Crippen molar-refractivity contribution < 1.29 is 9.90 Å². The quantitative estimate of drug-likeness (QED) is 0.815. The summed E-state index contributed by atoms with van der Waals surface area (Å²) in [5, 5.41) is 10.5. The average molecular weight is 206 g/mol. The van der Waals surface area contributed by atoms with Crippen molar-refractivity contribution >= 4 is 17.3 Å². The number of carbonyl (C=O) groups is 1. The molecule has 2 aromatic rings. The van der Waals surface area contributed by atoms with Gasteiger partial charge in [0.15, 0.2) is 5.82 Å². The Morgan fingerprint density at radius 3 is 2.57 bits per heavy atom. The molecule has 0 saturated heterocycles. The van der Waals surface area contributed by atoms with Gasteiger partial charge >= 0.3 is 5.97 Å². The zero-order chi connectivity index (χ0) is 9.97. The lowest BCUT2D eigenvalue weighted by molar-refractivity contribution is 0.0696. The van der Waals surface area contributed by atoms with Crippen LogP contribution in [0.15, 0.2) is 29.9 Å². The van der Waals surface area contributed by atoms with Gasteiger partial charge in [-0.2, -0.15) is 0 Å². The SMILES string of the molecule is O=C(O)c1cnc(-c2cccs2)nc1. The van der Waals surface area contributed by atoms with E-state index in [9.17, 15) is 4.79 Å². The summed E-state index contributed by atoms with van der Waals surface area (Å²) in [5.74, 6) is -0.451. The highest BCUT2D eigenvalue weighted by Gasteiger charge is 2.05. The molecule has 14 heavy (non-hydrogen) atoms. The Morgan fingerprint density at radius 2 is 2.07 bits per heavy atom. The zero-order valence-corrected chi connectivity index (χ0v) is 7.86. The van der Waals surface area contributed by atoms with E-state index in [0.717, 1.165) is 4.88 Å². The van der Waals surface area contributed by atoms with Crippen molar-refractivity contribution in [3.8, 4) is 10.7 Å². The zero-order valence-electron chi connectivity index (χ0n) is 7.04. The van der Waals surface area contributed by atoms with Crippen LogP contribution in [-0.4, -0.2) is 21.0 Å². The fourth-order valence-electron chi connectivity index (χ4n) is 0.972. The van der Waals surface area contributed by atoms with Crippen LogP contribution in [0.5, 0.6) is 0 Å². The monoisotopic (exact) mass is 206 g/mol. The van der Waals surface area contributed by atoms with Crippen molar-refractivity contribution in [2.45, 2.75) is 0 Å². The number of thiophene rings is 1. The highest BCUT2D eigenvalue weighted by molar-refractivity contribution is 7.13. The number of aromatic nitrogens is 2. The number of carboxylic acids is 1. The maximum atomic E-state index is 10.5. The van der Waals surface area contributed by atoms with Crippen LogP contribution in [0.4, 0.5) is 0 Å². The van der Waals surface area contributed by atoms with Crippen LogP contribution in [0.1, 0.15) is 10.4 Å². The third kappa shape index (κ3) is 1.62. The van der Waals surface area contributed by atoms with Gasteiger partial charge < -0.3 is 5.11 Å². The van der Waals surface area contributed by atoms with E-state index in [1.54, 1.807) is 0 Å². The minimum atomic E-state index is -1.01. The molecule has 5 heteroatoms. The van der Waals surface area contributed by atoms with Crippen molar-refractivity contribution in [3.05, 3.63) is 35.5 Å². The van der Waals surface area contributed by atoms with Crippen LogP contribution in [0, 0.1) is 0 Å². The summed E-state index contributed by atoms with van der Waals surface area (Å²) in [6, 6.07) is 3.79. The first-order valence-corrected chi connectivity index (χ1v) is 4.74. The number of aromatic carboxylic acids is 1. The molecule has 4 nitrogen and oxygen atoms in total. The molecule has 0 aliphatic heterocycles. The molecule has 0 amide bonds. The van der Waals surface area contributed by atoms with E-state index in [1.807, 2.05) is 17.5 Å². The van der Waals surface area contributed by atoms with Gasteiger partial charge in [0, 0.05) is 12.4 Å². The van der Waals surface area contributed by atoms with Gasteiger partial charge in [-0.15, -0.1) is 11.3 Å². The van der Waals surface area contributed by atoms with Gasteiger partial charge in [-0.3, -0.25) is 0 Å². The molecule has 0 unspecified atom stereocenters. The molecule has 0 spiro atoms. The van der Waals surface area contributed by atoms with Crippen LogP contribution in [0.3, 0.4) is 0 Å². The van der Waals surface area contributed by atoms with E-state index in [1.165, 1.54) is 23.7 Å².